The largest absolute Gasteiger partial charge is 0.356 e. The lowest BCUT2D eigenvalue weighted by Gasteiger charge is -2.35. The summed E-state index contributed by atoms with van der Waals surface area (Å²) in [6, 6.07) is 10.6. The van der Waals surface area contributed by atoms with E-state index in [4.69, 9.17) is 0 Å². The Morgan fingerprint density at radius 2 is 1.84 bits per heavy atom. The molecule has 0 radical (unpaired) electrons. The van der Waals surface area contributed by atoms with E-state index < -0.39 is 10.0 Å². The van der Waals surface area contributed by atoms with Crippen molar-refractivity contribution in [2.45, 2.75) is 45.1 Å². The fourth-order valence-electron chi connectivity index (χ4n) is 4.49. The monoisotopic (exact) mass is 441 g/mol. The van der Waals surface area contributed by atoms with E-state index in [1.54, 1.807) is 6.33 Å². The van der Waals surface area contributed by atoms with Crippen LogP contribution < -0.4 is 9.62 Å². The van der Waals surface area contributed by atoms with Crippen LogP contribution >= 0.6 is 0 Å². The Kier molecular flexibility index (Phi) is 6.57. The number of hydrogen-bond donors (Lipinski definition) is 2. The predicted molar refractivity (Wildman–Crippen MR) is 125 cm³/mol. The number of fused-ring (bicyclic) bond motifs is 1. The summed E-state index contributed by atoms with van der Waals surface area (Å²) in [6.45, 7) is 2.50. The summed E-state index contributed by atoms with van der Waals surface area (Å²) >= 11 is 0. The van der Waals surface area contributed by atoms with E-state index in [1.165, 1.54) is 5.56 Å². The molecule has 0 aliphatic heterocycles. The van der Waals surface area contributed by atoms with Gasteiger partial charge in [0.1, 0.15) is 17.8 Å². The first kappa shape index (κ1) is 21.8. The maximum Gasteiger partial charge on any atom is 0.211 e. The number of H-pyrrole nitrogens is 1. The second-order valence-corrected chi connectivity index (χ2v) is 10.5. The smallest absolute Gasteiger partial charge is 0.211 e. The summed E-state index contributed by atoms with van der Waals surface area (Å²) < 4.78 is 27.9. The zero-order valence-corrected chi connectivity index (χ0v) is 19.0. The van der Waals surface area contributed by atoms with Crippen LogP contribution in [0.2, 0.25) is 0 Å². The third-order valence-corrected chi connectivity index (χ3v) is 7.90. The number of aryl methyl sites for hydroxylation is 1. The van der Waals surface area contributed by atoms with Crippen molar-refractivity contribution in [2.75, 3.05) is 24.2 Å². The lowest BCUT2D eigenvalue weighted by atomic mass is 9.86. The Bertz CT molecular complexity index is 1100. The molecule has 1 aliphatic rings. The Morgan fingerprint density at radius 3 is 2.58 bits per heavy atom. The van der Waals surface area contributed by atoms with Crippen molar-refractivity contribution in [3.63, 3.8) is 0 Å². The van der Waals surface area contributed by atoms with Gasteiger partial charge in [-0.3, -0.25) is 0 Å². The van der Waals surface area contributed by atoms with E-state index in [-0.39, 0.29) is 11.7 Å². The highest BCUT2D eigenvalue weighted by atomic mass is 32.2. The van der Waals surface area contributed by atoms with Gasteiger partial charge in [-0.2, -0.15) is 0 Å². The molecule has 1 fully saturated rings. The number of aromatic nitrogens is 3. The third-order valence-electron chi connectivity index (χ3n) is 6.34. The van der Waals surface area contributed by atoms with Crippen molar-refractivity contribution < 1.29 is 8.42 Å². The number of anilines is 1. The summed E-state index contributed by atoms with van der Waals surface area (Å²) in [5, 5.41) is 1.02. The number of rotatable bonds is 8. The molecular formula is C23H31N5O2S. The summed E-state index contributed by atoms with van der Waals surface area (Å²) in [5.41, 5.74) is 3.20. The molecule has 8 heteroatoms. The summed E-state index contributed by atoms with van der Waals surface area (Å²) in [6.07, 6.45) is 7.94. The van der Waals surface area contributed by atoms with E-state index in [0.717, 1.165) is 48.1 Å². The van der Waals surface area contributed by atoms with Gasteiger partial charge in [-0.15, -0.1) is 0 Å². The first-order chi connectivity index (χ1) is 14.9. The number of sulfonamides is 1. The van der Waals surface area contributed by atoms with Crippen LogP contribution in [0, 0.1) is 12.8 Å². The van der Waals surface area contributed by atoms with E-state index >= 15 is 0 Å². The van der Waals surface area contributed by atoms with Crippen molar-refractivity contribution >= 4 is 26.9 Å². The van der Waals surface area contributed by atoms with Gasteiger partial charge in [0, 0.05) is 25.8 Å². The number of benzene rings is 1. The molecule has 0 unspecified atom stereocenters. The molecule has 31 heavy (non-hydrogen) atoms. The number of nitrogens with zero attached hydrogens (tertiary/aromatic N) is 3. The number of hydrogen-bond acceptors (Lipinski definition) is 5. The Morgan fingerprint density at radius 1 is 1.10 bits per heavy atom. The van der Waals surface area contributed by atoms with Crippen molar-refractivity contribution in [3.05, 3.63) is 54.0 Å². The molecule has 1 saturated carbocycles. The lowest BCUT2D eigenvalue weighted by Crippen LogP contribution is -2.38. The summed E-state index contributed by atoms with van der Waals surface area (Å²) in [7, 11) is -1.19. The SMILES string of the molecule is Cc1ccc(CCNS(=O)(=O)C[C@H]2CC[C@H](N(C)c3ncnc4[nH]ccc34)CC2)cc1. The van der Waals surface area contributed by atoms with Gasteiger partial charge in [0.15, 0.2) is 0 Å². The highest BCUT2D eigenvalue weighted by molar-refractivity contribution is 7.89. The molecule has 4 rings (SSSR count). The van der Waals surface area contributed by atoms with Gasteiger partial charge < -0.3 is 9.88 Å². The molecule has 0 spiro atoms. The van der Waals surface area contributed by atoms with Gasteiger partial charge in [-0.1, -0.05) is 29.8 Å². The van der Waals surface area contributed by atoms with E-state index in [1.807, 2.05) is 19.2 Å². The third kappa shape index (κ3) is 5.43. The van der Waals surface area contributed by atoms with E-state index in [9.17, 15) is 8.42 Å². The molecule has 7 nitrogen and oxygen atoms in total. The van der Waals surface area contributed by atoms with Gasteiger partial charge in [-0.05, 0) is 56.6 Å². The maximum absolute atomic E-state index is 12.6. The highest BCUT2D eigenvalue weighted by Gasteiger charge is 2.28. The average molecular weight is 442 g/mol. The lowest BCUT2D eigenvalue weighted by molar-refractivity contribution is 0.340. The molecule has 2 heterocycles. The Hall–Kier alpha value is -2.45. The van der Waals surface area contributed by atoms with Crippen LogP contribution in [0.25, 0.3) is 11.0 Å². The first-order valence-corrected chi connectivity index (χ1v) is 12.6. The predicted octanol–water partition coefficient (Wildman–Crippen LogP) is 3.42. The fourth-order valence-corrected chi connectivity index (χ4v) is 5.97. The average Bonchev–Trinajstić information content (AvgIpc) is 3.24. The van der Waals surface area contributed by atoms with Crippen molar-refractivity contribution in [1.29, 1.82) is 0 Å². The van der Waals surface area contributed by atoms with Crippen molar-refractivity contribution in [2.24, 2.45) is 5.92 Å². The molecule has 2 N–H and O–H groups in total. The first-order valence-electron chi connectivity index (χ1n) is 10.9. The topological polar surface area (TPSA) is 91.0 Å². The molecular weight excluding hydrogens is 410 g/mol. The Labute approximate surface area is 184 Å². The highest BCUT2D eigenvalue weighted by Crippen LogP contribution is 2.31. The summed E-state index contributed by atoms with van der Waals surface area (Å²) in [4.78, 5) is 14.1. The van der Waals surface area contributed by atoms with Crippen molar-refractivity contribution in [1.82, 2.24) is 19.7 Å². The Balaban J connectivity index is 1.26. The van der Waals surface area contributed by atoms with Gasteiger partial charge in [0.25, 0.3) is 0 Å². The molecule has 166 valence electrons. The quantitative estimate of drug-likeness (QED) is 0.559. The van der Waals surface area contributed by atoms with Crippen LogP contribution in [0.3, 0.4) is 0 Å². The molecule has 2 aromatic heterocycles. The standard InChI is InChI=1S/C23H31N5O2S/c1-17-3-5-18(6-4-17)11-14-27-31(29,30)15-19-7-9-20(10-8-19)28(2)23-21-12-13-24-22(21)25-16-26-23/h3-6,12-13,16,19-20,27H,7-11,14-15H2,1-2H3,(H,24,25,26)/t19-,20-. The number of nitrogens with one attached hydrogen (secondary N) is 2. The summed E-state index contributed by atoms with van der Waals surface area (Å²) in [5.74, 6) is 1.35. The van der Waals surface area contributed by atoms with Crippen LogP contribution in [-0.2, 0) is 16.4 Å². The van der Waals surface area contributed by atoms with Crippen LogP contribution in [-0.4, -0.2) is 48.8 Å². The van der Waals surface area contributed by atoms with E-state index in [0.29, 0.717) is 19.0 Å². The molecule has 0 saturated heterocycles. The molecule has 1 aliphatic carbocycles. The molecule has 0 atom stereocenters. The number of aromatic amines is 1. The van der Waals surface area contributed by atoms with Crippen molar-refractivity contribution in [3.8, 4) is 0 Å². The van der Waals surface area contributed by atoms with Crippen LogP contribution in [0.4, 0.5) is 5.82 Å². The zero-order chi connectivity index (χ0) is 21.8. The minimum absolute atomic E-state index is 0.208. The molecule has 3 aromatic rings. The molecule has 1 aromatic carbocycles. The van der Waals surface area contributed by atoms with Crippen LogP contribution in [0.5, 0.6) is 0 Å². The molecule has 0 amide bonds. The van der Waals surface area contributed by atoms with Crippen LogP contribution in [0.15, 0.2) is 42.9 Å². The second kappa shape index (κ2) is 9.36. The second-order valence-electron chi connectivity index (χ2n) is 8.63. The van der Waals surface area contributed by atoms with Crippen LogP contribution in [0.1, 0.15) is 36.8 Å². The van der Waals surface area contributed by atoms with Gasteiger partial charge in [0.2, 0.25) is 10.0 Å². The van der Waals surface area contributed by atoms with Gasteiger partial charge in [0.05, 0.1) is 11.1 Å². The fraction of sp³-hybridized carbons (Fsp3) is 0.478. The molecule has 0 bridgehead atoms. The normalized spacial score (nSPS) is 19.5. The van der Waals surface area contributed by atoms with Gasteiger partial charge >= 0.3 is 0 Å². The minimum atomic E-state index is -3.26. The maximum atomic E-state index is 12.6. The van der Waals surface area contributed by atoms with Gasteiger partial charge in [-0.25, -0.2) is 23.1 Å². The van der Waals surface area contributed by atoms with E-state index in [2.05, 4.69) is 55.9 Å². The zero-order valence-electron chi connectivity index (χ0n) is 18.2. The minimum Gasteiger partial charge on any atom is -0.356 e.